The van der Waals surface area contributed by atoms with E-state index in [1.165, 1.54) is 42.5 Å². The molecule has 50 heavy (non-hydrogen) atoms. The molecule has 0 radical (unpaired) electrons. The van der Waals surface area contributed by atoms with Crippen molar-refractivity contribution in [1.82, 2.24) is 10.0 Å². The fourth-order valence-corrected chi connectivity index (χ4v) is 9.49. The number of halogens is 8. The molecule has 1 saturated carbocycles. The molecule has 4 atom stereocenters. The second-order valence-electron chi connectivity index (χ2n) is 11.2. The first-order valence-corrected chi connectivity index (χ1v) is 17.0. The Hall–Kier alpha value is -3.13. The van der Waals surface area contributed by atoms with E-state index in [1.54, 1.807) is 0 Å². The van der Waals surface area contributed by atoms with Crippen molar-refractivity contribution in [2.45, 2.75) is 14.1 Å². The molecule has 0 N–H and O–H groups in total. The van der Waals surface area contributed by atoms with Gasteiger partial charge in [-0.2, -0.15) is 5.01 Å². The van der Waals surface area contributed by atoms with Crippen molar-refractivity contribution < 1.29 is 33.6 Å². The third-order valence-corrected chi connectivity index (χ3v) is 13.3. The van der Waals surface area contributed by atoms with Crippen molar-refractivity contribution in [1.29, 1.82) is 0 Å². The monoisotopic (exact) mass is 837 g/mol. The number of carbonyl (C=O) groups excluding carboxylic acids is 5. The molecule has 3 aromatic rings. The topological polar surface area (TPSA) is 144 Å². The summed E-state index contributed by atoms with van der Waals surface area (Å²) < 4.78 is 3.08. The lowest BCUT2D eigenvalue weighted by Gasteiger charge is -2.36. The van der Waals surface area contributed by atoms with Crippen LogP contribution < -0.4 is 4.74 Å². The van der Waals surface area contributed by atoms with Gasteiger partial charge in [0, 0.05) is 28.3 Å². The highest BCUT2D eigenvalue weighted by Gasteiger charge is 2.88. The van der Waals surface area contributed by atoms with Crippen molar-refractivity contribution in [2.75, 3.05) is 6.54 Å². The fourth-order valence-electron chi connectivity index (χ4n) is 6.08. The van der Waals surface area contributed by atoms with Gasteiger partial charge < -0.3 is 4.74 Å². The number of hydrogen-bond acceptors (Lipinski definition) is 8. The molecule has 6 rings (SSSR count). The summed E-state index contributed by atoms with van der Waals surface area (Å²) in [5.74, 6) is -8.12. The number of amides is 3. The molecule has 1 heterocycles. The molecule has 1 aliphatic heterocycles. The van der Waals surface area contributed by atoms with E-state index in [0.29, 0.717) is 15.0 Å². The zero-order valence-electron chi connectivity index (χ0n) is 24.3. The predicted octanol–water partition coefficient (Wildman–Crippen LogP) is 7.81. The number of imide groups is 1. The number of alkyl halides is 4. The number of allylic oxidation sites excluding steroid dienone is 2. The summed E-state index contributed by atoms with van der Waals surface area (Å²) in [6.07, 6.45) is 0. The molecule has 0 spiro atoms. The van der Waals surface area contributed by atoms with Crippen LogP contribution in [0.3, 0.4) is 0 Å². The number of nitro groups is 1. The summed E-state index contributed by atoms with van der Waals surface area (Å²) in [6, 6.07) is 13.5. The number of hydrazine groups is 1. The zero-order chi connectivity index (χ0) is 36.7. The van der Waals surface area contributed by atoms with Gasteiger partial charge in [0.2, 0.25) is 0 Å². The molecular weight excluding hydrogens is 826 g/mol. The molecule has 2 aliphatic carbocycles. The Morgan fingerprint density at radius 1 is 0.800 bits per heavy atom. The highest BCUT2D eigenvalue weighted by molar-refractivity contribution is 6.66. The first-order valence-electron chi connectivity index (χ1n) is 13.9. The number of hydrogen-bond donors (Lipinski definition) is 0. The van der Waals surface area contributed by atoms with Crippen LogP contribution in [0.25, 0.3) is 0 Å². The number of carbonyl (C=O) groups is 5. The van der Waals surface area contributed by atoms with Gasteiger partial charge in [-0.3, -0.25) is 29.3 Å². The maximum Gasteiger partial charge on any atom is 0.345 e. The van der Waals surface area contributed by atoms with E-state index in [0.717, 1.165) is 24.3 Å². The summed E-state index contributed by atoms with van der Waals surface area (Å²) in [5.41, 5.74) is -0.588. The number of Topliss-reactive ketones (excluding diaryl/α,β-unsaturated/α-hetero) is 1. The van der Waals surface area contributed by atoms with E-state index in [4.69, 9.17) is 97.5 Å². The van der Waals surface area contributed by atoms with E-state index < -0.39 is 66.9 Å². The van der Waals surface area contributed by atoms with Crippen molar-refractivity contribution in [2.24, 2.45) is 11.8 Å². The molecule has 11 nitrogen and oxygen atoms in total. The Kier molecular flexibility index (Phi) is 9.40. The summed E-state index contributed by atoms with van der Waals surface area (Å²) >= 11 is 51.4. The van der Waals surface area contributed by atoms with Crippen molar-refractivity contribution in [3.05, 3.63) is 114 Å². The van der Waals surface area contributed by atoms with E-state index in [1.807, 2.05) is 0 Å². The Morgan fingerprint density at radius 2 is 1.32 bits per heavy atom. The molecule has 2 fully saturated rings. The number of ether oxygens (including phenoxy) is 1. The van der Waals surface area contributed by atoms with Crippen LogP contribution in [-0.4, -0.2) is 65.0 Å². The average Bonchev–Trinajstić information content (AvgIpc) is 3.46. The Balaban J connectivity index is 1.32. The molecule has 3 aliphatic rings. The minimum Gasteiger partial charge on any atom is -0.423 e. The van der Waals surface area contributed by atoms with Crippen molar-refractivity contribution in [3.8, 4) is 5.75 Å². The molecule has 19 heteroatoms. The zero-order valence-corrected chi connectivity index (χ0v) is 30.4. The number of esters is 1. The molecule has 3 amide bonds. The molecule has 0 aromatic heterocycles. The number of nitro benzene ring substituents is 1. The Labute approximate surface area is 321 Å². The van der Waals surface area contributed by atoms with Crippen molar-refractivity contribution in [3.63, 3.8) is 0 Å². The standard InChI is InChI=1S/C31H15Cl8N3O8/c32-15-5-10-18(19(33)11-15)28(47)50-17-8-3-13(4-9-17)20(43)12-40(25(44)14-1-6-16(7-2-14)42(48)49)41-26(45)21-22(27(41)46)30(37)24(35)23(34)29(21,36)31(30,38)39/h1-11,21-22H,12H2/t21-,22-,29-,30-/m1/s1. The van der Waals surface area contributed by atoms with Crippen LogP contribution in [0.4, 0.5) is 5.69 Å². The van der Waals surface area contributed by atoms with E-state index in [9.17, 15) is 34.1 Å². The smallest absolute Gasteiger partial charge is 0.345 e. The summed E-state index contributed by atoms with van der Waals surface area (Å²) in [4.78, 5) is 74.5. The molecule has 3 aromatic carbocycles. The van der Waals surface area contributed by atoms with E-state index >= 15 is 0 Å². The molecular formula is C31H15Cl8N3O8. The number of benzene rings is 3. The van der Waals surface area contributed by atoms with Gasteiger partial charge in [0.1, 0.15) is 22.0 Å². The lowest BCUT2D eigenvalue weighted by molar-refractivity contribution is -0.384. The minimum absolute atomic E-state index is 0.0243. The molecule has 2 bridgehead atoms. The minimum atomic E-state index is -2.25. The van der Waals surface area contributed by atoms with E-state index in [2.05, 4.69) is 0 Å². The van der Waals surface area contributed by atoms with E-state index in [-0.39, 0.29) is 43.2 Å². The van der Waals surface area contributed by atoms with Gasteiger partial charge in [0.15, 0.2) is 10.1 Å². The van der Waals surface area contributed by atoms with Gasteiger partial charge in [-0.15, -0.1) is 23.2 Å². The highest BCUT2D eigenvalue weighted by atomic mass is 35.5. The summed E-state index contributed by atoms with van der Waals surface area (Å²) in [7, 11) is 0. The van der Waals surface area contributed by atoms with Crippen LogP contribution in [-0.2, 0) is 9.59 Å². The quantitative estimate of drug-likeness (QED) is 0.0425. The average molecular weight is 841 g/mol. The highest BCUT2D eigenvalue weighted by Crippen LogP contribution is 2.77. The number of rotatable bonds is 8. The lowest BCUT2D eigenvalue weighted by Crippen LogP contribution is -2.56. The van der Waals surface area contributed by atoms with Gasteiger partial charge in [0.25, 0.3) is 23.4 Å². The van der Waals surface area contributed by atoms with Crippen LogP contribution in [0, 0.1) is 22.0 Å². The third-order valence-electron chi connectivity index (χ3n) is 8.52. The Morgan fingerprint density at radius 3 is 1.82 bits per heavy atom. The second kappa shape index (κ2) is 12.8. The molecule has 1 saturated heterocycles. The van der Waals surface area contributed by atoms with Gasteiger partial charge >= 0.3 is 5.97 Å². The fraction of sp³-hybridized carbons (Fsp3) is 0.194. The van der Waals surface area contributed by atoms with Crippen molar-refractivity contribution >= 4 is 128 Å². The van der Waals surface area contributed by atoms with Crippen LogP contribution in [0.1, 0.15) is 31.1 Å². The van der Waals surface area contributed by atoms with Crippen LogP contribution in [0.2, 0.25) is 10.0 Å². The number of nitrogens with zero attached hydrogens (tertiary/aromatic N) is 3. The number of ketones is 1. The molecule has 0 unspecified atom stereocenters. The SMILES string of the molecule is O=C(CN(C(=O)c1ccc([N+](=O)[O-])cc1)N1C(=O)[C@H]2[C@H](C1=O)[C@@]1(Cl)C(Cl)=C(Cl)[C@@]2(Cl)C1(Cl)Cl)c1ccc(OC(=O)c2ccc(Cl)cc2Cl)cc1. The predicted molar refractivity (Wildman–Crippen MR) is 185 cm³/mol. The summed E-state index contributed by atoms with van der Waals surface area (Å²) in [5, 5.41) is 11.8. The maximum atomic E-state index is 14.1. The first kappa shape index (κ1) is 36.7. The van der Waals surface area contributed by atoms with Gasteiger partial charge in [-0.05, 0) is 54.6 Å². The Bertz CT molecular complexity index is 2030. The largest absolute Gasteiger partial charge is 0.423 e. The van der Waals surface area contributed by atoms with Crippen LogP contribution >= 0.6 is 92.8 Å². The maximum absolute atomic E-state index is 14.1. The summed E-state index contributed by atoms with van der Waals surface area (Å²) in [6.45, 7) is -0.918. The second-order valence-corrected chi connectivity index (χ2v) is 15.3. The lowest BCUT2D eigenvalue weighted by atomic mass is 9.84. The van der Waals surface area contributed by atoms with Crippen LogP contribution in [0.5, 0.6) is 5.75 Å². The third kappa shape index (κ3) is 5.28. The van der Waals surface area contributed by atoms with Crippen LogP contribution in [0.15, 0.2) is 76.8 Å². The number of fused-ring (bicyclic) bond motifs is 5. The van der Waals surface area contributed by atoms with Gasteiger partial charge in [0.05, 0.1) is 37.4 Å². The normalized spacial score (nSPS) is 24.8. The van der Waals surface area contributed by atoms with Gasteiger partial charge in [-0.1, -0.05) is 69.6 Å². The number of non-ortho nitro benzene ring substituents is 1. The first-order chi connectivity index (χ1) is 23.4. The molecule has 258 valence electrons. The van der Waals surface area contributed by atoms with Gasteiger partial charge in [-0.25, -0.2) is 9.80 Å².